The van der Waals surface area contributed by atoms with Gasteiger partial charge in [-0.05, 0) is 59.0 Å². The maximum Gasteiger partial charge on any atom is 0.280 e. The summed E-state index contributed by atoms with van der Waals surface area (Å²) in [6.45, 7) is 6.39. The molecule has 34 heavy (non-hydrogen) atoms. The minimum atomic E-state index is -3.75. The summed E-state index contributed by atoms with van der Waals surface area (Å²) in [5, 5.41) is 6.13. The van der Waals surface area contributed by atoms with Crippen LogP contribution < -0.4 is 5.01 Å². The molecule has 0 saturated heterocycles. The maximum absolute atomic E-state index is 13.3. The van der Waals surface area contributed by atoms with Crippen molar-refractivity contribution in [1.82, 2.24) is 0 Å². The van der Waals surface area contributed by atoms with Gasteiger partial charge in [0.05, 0.1) is 27.6 Å². The summed E-state index contributed by atoms with van der Waals surface area (Å²) in [6, 6.07) is 22.8. The van der Waals surface area contributed by atoms with Crippen molar-refractivity contribution >= 4 is 44.8 Å². The van der Waals surface area contributed by atoms with E-state index in [-0.39, 0.29) is 27.5 Å². The smallest absolute Gasteiger partial charge is 0.267 e. The highest BCUT2D eigenvalue weighted by Crippen LogP contribution is 2.28. The highest BCUT2D eigenvalue weighted by Gasteiger charge is 2.34. The Hall–Kier alpha value is -3.22. The van der Waals surface area contributed by atoms with Crippen LogP contribution in [-0.4, -0.2) is 25.8 Å². The van der Waals surface area contributed by atoms with E-state index in [9.17, 15) is 13.2 Å². The molecule has 1 aliphatic heterocycles. The van der Waals surface area contributed by atoms with Crippen LogP contribution in [0.2, 0.25) is 5.02 Å². The van der Waals surface area contributed by atoms with Crippen LogP contribution in [0.25, 0.3) is 6.08 Å². The zero-order valence-electron chi connectivity index (χ0n) is 19.2. The lowest BCUT2D eigenvalue weighted by Crippen LogP contribution is -2.22. The summed E-state index contributed by atoms with van der Waals surface area (Å²) in [5.74, 6) is -0.775. The van der Waals surface area contributed by atoms with Crippen LogP contribution in [-0.2, 0) is 20.0 Å². The van der Waals surface area contributed by atoms with Crippen molar-refractivity contribution in [2.45, 2.75) is 31.1 Å². The fraction of sp³-hybridized carbons (Fsp3) is 0.185. The van der Waals surface area contributed by atoms with Gasteiger partial charge in [0.25, 0.3) is 5.91 Å². The van der Waals surface area contributed by atoms with E-state index in [0.29, 0.717) is 10.7 Å². The number of amides is 1. The Morgan fingerprint density at radius 3 is 2.12 bits per heavy atom. The number of hydrazone groups is 1. The molecular formula is C27H25ClN2O3S. The molecule has 0 unspecified atom stereocenters. The number of carbonyl (C=O) groups excluding carboxylic acids is 1. The first-order valence-corrected chi connectivity index (χ1v) is 12.9. The van der Waals surface area contributed by atoms with Crippen molar-refractivity contribution in [3.8, 4) is 0 Å². The number of sulfone groups is 1. The quantitative estimate of drug-likeness (QED) is 0.416. The van der Waals surface area contributed by atoms with Crippen molar-refractivity contribution in [3.05, 3.63) is 101 Å². The van der Waals surface area contributed by atoms with Crippen molar-refractivity contribution in [2.24, 2.45) is 5.10 Å². The molecule has 3 aromatic carbocycles. The second-order valence-corrected chi connectivity index (χ2v) is 11.6. The van der Waals surface area contributed by atoms with Crippen LogP contribution in [0.5, 0.6) is 0 Å². The third-order valence-corrected chi connectivity index (χ3v) is 7.44. The molecule has 0 saturated carbocycles. The van der Waals surface area contributed by atoms with Gasteiger partial charge in [-0.15, -0.1) is 0 Å². The van der Waals surface area contributed by atoms with Crippen LogP contribution in [0.1, 0.15) is 31.9 Å². The lowest BCUT2D eigenvalue weighted by Gasteiger charge is -2.18. The summed E-state index contributed by atoms with van der Waals surface area (Å²) in [5.41, 5.74) is 2.98. The highest BCUT2D eigenvalue weighted by molar-refractivity contribution is 7.92. The molecule has 0 N–H and O–H groups in total. The van der Waals surface area contributed by atoms with E-state index in [1.807, 2.05) is 30.3 Å². The van der Waals surface area contributed by atoms with Gasteiger partial charge in [-0.25, -0.2) is 8.42 Å². The molecule has 1 amide bonds. The molecule has 174 valence electrons. The SMILES string of the molecule is CC(C)(C)c1ccc(C=C2C(=O)N(c3ccccc3)N=C2CS(=O)(=O)c2ccc(Cl)cc2)cc1. The third-order valence-electron chi connectivity index (χ3n) is 5.54. The van der Waals surface area contributed by atoms with E-state index < -0.39 is 15.6 Å². The van der Waals surface area contributed by atoms with Crippen LogP contribution in [0.3, 0.4) is 0 Å². The van der Waals surface area contributed by atoms with Crippen LogP contribution in [0, 0.1) is 0 Å². The van der Waals surface area contributed by atoms with Crippen LogP contribution >= 0.6 is 11.6 Å². The Morgan fingerprint density at radius 1 is 0.912 bits per heavy atom. The second-order valence-electron chi connectivity index (χ2n) is 9.14. The lowest BCUT2D eigenvalue weighted by molar-refractivity contribution is -0.114. The van der Waals surface area contributed by atoms with Gasteiger partial charge in [0, 0.05) is 5.02 Å². The summed E-state index contributed by atoms with van der Waals surface area (Å²) in [4.78, 5) is 13.5. The molecule has 0 aromatic heterocycles. The van der Waals surface area contributed by atoms with Crippen LogP contribution in [0.4, 0.5) is 5.69 Å². The summed E-state index contributed by atoms with van der Waals surface area (Å²) >= 11 is 5.91. The Kier molecular flexibility index (Phi) is 6.47. The van der Waals surface area contributed by atoms with E-state index in [4.69, 9.17) is 11.6 Å². The van der Waals surface area contributed by atoms with E-state index in [2.05, 4.69) is 25.9 Å². The highest BCUT2D eigenvalue weighted by atomic mass is 35.5. The number of rotatable bonds is 5. The third kappa shape index (κ3) is 5.13. The average Bonchev–Trinajstić information content (AvgIpc) is 3.09. The largest absolute Gasteiger partial charge is 0.280 e. The van der Waals surface area contributed by atoms with E-state index in [1.165, 1.54) is 29.3 Å². The Bertz CT molecular complexity index is 1370. The first kappa shape index (κ1) is 23.9. The zero-order chi connectivity index (χ0) is 24.5. The van der Waals surface area contributed by atoms with Gasteiger partial charge in [-0.1, -0.05) is 74.8 Å². The number of benzene rings is 3. The first-order valence-electron chi connectivity index (χ1n) is 10.8. The van der Waals surface area contributed by atoms with Crippen LogP contribution in [0.15, 0.2) is 94.4 Å². The van der Waals surface area contributed by atoms with E-state index in [1.54, 1.807) is 30.3 Å². The van der Waals surface area contributed by atoms with Gasteiger partial charge in [0.1, 0.15) is 0 Å². The summed E-state index contributed by atoms with van der Waals surface area (Å²) in [7, 11) is -3.75. The lowest BCUT2D eigenvalue weighted by atomic mass is 9.86. The Balaban J connectivity index is 1.74. The number of carbonyl (C=O) groups is 1. The van der Waals surface area contributed by atoms with Gasteiger partial charge < -0.3 is 0 Å². The van der Waals surface area contributed by atoms with E-state index in [0.717, 1.165) is 11.1 Å². The number of hydrogen-bond acceptors (Lipinski definition) is 4. The number of halogens is 1. The minimum absolute atomic E-state index is 0.00175. The summed E-state index contributed by atoms with van der Waals surface area (Å²) in [6.07, 6.45) is 1.70. The van der Waals surface area contributed by atoms with Crippen molar-refractivity contribution < 1.29 is 13.2 Å². The minimum Gasteiger partial charge on any atom is -0.267 e. The van der Waals surface area contributed by atoms with Gasteiger partial charge in [0.2, 0.25) is 0 Å². The molecule has 4 rings (SSSR count). The fourth-order valence-electron chi connectivity index (χ4n) is 3.60. The fourth-order valence-corrected chi connectivity index (χ4v) is 5.02. The topological polar surface area (TPSA) is 66.8 Å². The van der Waals surface area contributed by atoms with Crippen molar-refractivity contribution in [3.63, 3.8) is 0 Å². The van der Waals surface area contributed by atoms with E-state index >= 15 is 0 Å². The number of para-hydroxylation sites is 1. The molecule has 0 spiro atoms. The molecule has 0 bridgehead atoms. The number of anilines is 1. The monoisotopic (exact) mass is 492 g/mol. The molecule has 1 aliphatic rings. The molecule has 0 fully saturated rings. The number of nitrogens with zero attached hydrogens (tertiary/aromatic N) is 2. The van der Waals surface area contributed by atoms with Gasteiger partial charge in [-0.2, -0.15) is 10.1 Å². The molecule has 1 heterocycles. The Morgan fingerprint density at radius 2 is 1.53 bits per heavy atom. The predicted molar refractivity (Wildman–Crippen MR) is 138 cm³/mol. The molecule has 3 aromatic rings. The molecule has 0 radical (unpaired) electrons. The average molecular weight is 493 g/mol. The molecule has 5 nitrogen and oxygen atoms in total. The molecule has 0 atom stereocenters. The maximum atomic E-state index is 13.3. The zero-order valence-corrected chi connectivity index (χ0v) is 20.8. The molecular weight excluding hydrogens is 468 g/mol. The standard InChI is InChI=1S/C27H25ClN2O3S/c1-27(2,3)20-11-9-19(10-12-20)17-24-25(18-34(32,33)23-15-13-21(28)14-16-23)29-30(26(24)31)22-7-5-4-6-8-22/h4-17H,18H2,1-3H3. The number of hydrogen-bond donors (Lipinski definition) is 0. The molecule has 0 aliphatic carbocycles. The van der Waals surface area contributed by atoms with Gasteiger partial charge in [-0.3, -0.25) is 4.79 Å². The van der Waals surface area contributed by atoms with Gasteiger partial charge in [0.15, 0.2) is 9.84 Å². The molecule has 7 heteroatoms. The Labute approximate surface area is 205 Å². The summed E-state index contributed by atoms with van der Waals surface area (Å²) < 4.78 is 26.2. The van der Waals surface area contributed by atoms with Crippen molar-refractivity contribution in [1.29, 1.82) is 0 Å². The van der Waals surface area contributed by atoms with Gasteiger partial charge >= 0.3 is 0 Å². The predicted octanol–water partition coefficient (Wildman–Crippen LogP) is 5.90. The normalized spacial score (nSPS) is 15.6. The van der Waals surface area contributed by atoms with Crippen molar-refractivity contribution in [2.75, 3.05) is 10.8 Å². The second kappa shape index (κ2) is 9.20. The first-order chi connectivity index (χ1) is 16.0.